The zero-order chi connectivity index (χ0) is 24.0. The Hall–Kier alpha value is -2.73. The number of aromatic nitrogens is 5. The lowest BCUT2D eigenvalue weighted by atomic mass is 10.2. The SMILES string of the molecule is O=C(CSc1nnnn1Cc1ccccc1)Nc1ccc2nc(SCc3ccc(Br)cc3)sc2c1. The minimum Gasteiger partial charge on any atom is -0.325 e. The molecule has 1 N–H and O–H groups in total. The maximum atomic E-state index is 12.6. The molecule has 0 fully saturated rings. The van der Waals surface area contributed by atoms with Gasteiger partial charge >= 0.3 is 0 Å². The van der Waals surface area contributed by atoms with Gasteiger partial charge in [-0.05, 0) is 51.9 Å². The number of fused-ring (bicyclic) bond motifs is 1. The lowest BCUT2D eigenvalue weighted by Gasteiger charge is -2.06. The van der Waals surface area contributed by atoms with Crippen molar-refractivity contribution in [2.75, 3.05) is 11.1 Å². The molecule has 0 spiro atoms. The second kappa shape index (κ2) is 11.3. The van der Waals surface area contributed by atoms with E-state index in [2.05, 4.69) is 48.9 Å². The molecule has 7 nitrogen and oxygen atoms in total. The first-order chi connectivity index (χ1) is 17.1. The van der Waals surface area contributed by atoms with E-state index < -0.39 is 0 Å². The Bertz CT molecular complexity index is 1440. The van der Waals surface area contributed by atoms with Crippen LogP contribution >= 0.6 is 50.8 Å². The van der Waals surface area contributed by atoms with Crippen LogP contribution in [0.15, 0.2) is 86.8 Å². The number of hydrogen-bond donors (Lipinski definition) is 1. The van der Waals surface area contributed by atoms with Gasteiger partial charge in [0.1, 0.15) is 0 Å². The number of halogens is 1. The maximum absolute atomic E-state index is 12.6. The molecule has 0 aliphatic rings. The molecule has 0 saturated carbocycles. The molecule has 0 bridgehead atoms. The first-order valence-corrected chi connectivity index (χ1v) is 14.2. The molecule has 0 atom stereocenters. The summed E-state index contributed by atoms with van der Waals surface area (Å²) < 4.78 is 4.82. The lowest BCUT2D eigenvalue weighted by molar-refractivity contribution is -0.113. The van der Waals surface area contributed by atoms with Crippen molar-refractivity contribution in [2.45, 2.75) is 21.8 Å². The zero-order valence-electron chi connectivity index (χ0n) is 18.3. The molecule has 11 heteroatoms. The highest BCUT2D eigenvalue weighted by atomic mass is 79.9. The third-order valence-electron chi connectivity index (χ3n) is 4.93. The van der Waals surface area contributed by atoms with Gasteiger partial charge in [-0.2, -0.15) is 0 Å². The zero-order valence-corrected chi connectivity index (χ0v) is 22.3. The molecule has 35 heavy (non-hydrogen) atoms. The Morgan fingerprint density at radius 1 is 1.00 bits per heavy atom. The monoisotopic (exact) mass is 582 g/mol. The highest BCUT2D eigenvalue weighted by molar-refractivity contribution is 9.10. The fourth-order valence-corrected chi connectivity index (χ4v) is 6.26. The van der Waals surface area contributed by atoms with Gasteiger partial charge < -0.3 is 5.32 Å². The molecule has 2 heterocycles. The van der Waals surface area contributed by atoms with Gasteiger partial charge in [-0.15, -0.1) is 16.4 Å². The van der Waals surface area contributed by atoms with E-state index in [1.165, 1.54) is 17.3 Å². The normalized spacial score (nSPS) is 11.1. The molecule has 0 unspecified atom stereocenters. The Kier molecular flexibility index (Phi) is 7.77. The van der Waals surface area contributed by atoms with Crippen molar-refractivity contribution in [3.05, 3.63) is 88.4 Å². The summed E-state index contributed by atoms with van der Waals surface area (Å²) in [6.07, 6.45) is 0. The van der Waals surface area contributed by atoms with Gasteiger partial charge in [0.2, 0.25) is 11.1 Å². The number of anilines is 1. The number of carbonyl (C=O) groups is 1. The predicted molar refractivity (Wildman–Crippen MR) is 146 cm³/mol. The fraction of sp³-hybridized carbons (Fsp3) is 0.125. The Morgan fingerprint density at radius 2 is 1.83 bits per heavy atom. The van der Waals surface area contributed by atoms with E-state index in [9.17, 15) is 4.79 Å². The second-order valence-electron chi connectivity index (χ2n) is 7.52. The standard InChI is InChI=1S/C24H19BrN6OS3/c25-18-8-6-17(7-9-18)14-34-24-27-20-11-10-19(12-21(20)35-24)26-22(32)15-33-23-28-29-30-31(23)13-16-4-2-1-3-5-16/h1-12H,13-15H2,(H,26,32). The van der Waals surface area contributed by atoms with Crippen LogP contribution in [0.2, 0.25) is 0 Å². The number of tetrazole rings is 1. The van der Waals surface area contributed by atoms with Gasteiger partial charge in [-0.25, -0.2) is 9.67 Å². The van der Waals surface area contributed by atoms with Crippen LogP contribution in [-0.2, 0) is 17.1 Å². The number of thiazole rings is 1. The van der Waals surface area contributed by atoms with E-state index in [1.54, 1.807) is 27.8 Å². The van der Waals surface area contributed by atoms with Crippen molar-refractivity contribution in [1.82, 2.24) is 25.2 Å². The number of rotatable bonds is 9. The Labute approximate surface area is 222 Å². The van der Waals surface area contributed by atoms with Gasteiger partial charge in [0, 0.05) is 15.9 Å². The Balaban J connectivity index is 1.16. The third-order valence-corrected chi connectivity index (χ3v) is 8.65. The van der Waals surface area contributed by atoms with Crippen LogP contribution < -0.4 is 5.32 Å². The van der Waals surface area contributed by atoms with Gasteiger partial charge in [0.15, 0.2) is 4.34 Å². The highest BCUT2D eigenvalue weighted by Gasteiger charge is 2.12. The van der Waals surface area contributed by atoms with Crippen molar-refractivity contribution < 1.29 is 4.79 Å². The summed E-state index contributed by atoms with van der Waals surface area (Å²) in [5.74, 6) is 0.958. The van der Waals surface area contributed by atoms with Crippen molar-refractivity contribution >= 4 is 72.6 Å². The summed E-state index contributed by atoms with van der Waals surface area (Å²) >= 11 is 8.12. The molecular formula is C24H19BrN6OS3. The van der Waals surface area contributed by atoms with Crippen molar-refractivity contribution in [2.24, 2.45) is 0 Å². The number of hydrogen-bond acceptors (Lipinski definition) is 8. The molecule has 5 aromatic rings. The largest absolute Gasteiger partial charge is 0.325 e. The first kappa shape index (κ1) is 24.0. The smallest absolute Gasteiger partial charge is 0.234 e. The maximum Gasteiger partial charge on any atom is 0.234 e. The van der Waals surface area contributed by atoms with E-state index in [4.69, 9.17) is 4.98 Å². The third kappa shape index (κ3) is 6.49. The average molecular weight is 584 g/mol. The van der Waals surface area contributed by atoms with Gasteiger partial charge in [0.25, 0.3) is 0 Å². The van der Waals surface area contributed by atoms with E-state index in [0.29, 0.717) is 11.7 Å². The molecule has 0 aliphatic heterocycles. The minimum absolute atomic E-state index is 0.113. The second-order valence-corrected chi connectivity index (χ2v) is 11.6. The summed E-state index contributed by atoms with van der Waals surface area (Å²) in [7, 11) is 0. The highest BCUT2D eigenvalue weighted by Crippen LogP contribution is 2.33. The van der Waals surface area contributed by atoms with Gasteiger partial charge in [-0.3, -0.25) is 4.79 Å². The van der Waals surface area contributed by atoms with Crippen LogP contribution in [0.25, 0.3) is 10.2 Å². The molecule has 0 saturated heterocycles. The number of benzene rings is 3. The molecule has 0 aliphatic carbocycles. The number of thioether (sulfide) groups is 2. The van der Waals surface area contributed by atoms with E-state index in [1.807, 2.05) is 60.7 Å². The summed E-state index contributed by atoms with van der Waals surface area (Å²) in [5, 5.41) is 15.4. The molecule has 176 valence electrons. The van der Waals surface area contributed by atoms with Gasteiger partial charge in [-0.1, -0.05) is 81.9 Å². The van der Waals surface area contributed by atoms with Gasteiger partial charge in [0.05, 0.1) is 22.5 Å². The lowest BCUT2D eigenvalue weighted by Crippen LogP contribution is -2.14. The van der Waals surface area contributed by atoms with Crippen molar-refractivity contribution in [3.63, 3.8) is 0 Å². The predicted octanol–water partition coefficient (Wildman–Crippen LogP) is 6.12. The number of nitrogens with one attached hydrogen (secondary N) is 1. The molecule has 2 aromatic heterocycles. The molecule has 3 aromatic carbocycles. The average Bonchev–Trinajstić information content (AvgIpc) is 3.49. The van der Waals surface area contributed by atoms with Crippen LogP contribution in [0.1, 0.15) is 11.1 Å². The van der Waals surface area contributed by atoms with E-state index >= 15 is 0 Å². The summed E-state index contributed by atoms with van der Waals surface area (Å²) in [6, 6.07) is 24.1. The first-order valence-electron chi connectivity index (χ1n) is 10.6. The van der Waals surface area contributed by atoms with Crippen molar-refractivity contribution in [1.29, 1.82) is 0 Å². The summed E-state index contributed by atoms with van der Waals surface area (Å²) in [6.45, 7) is 0.558. The minimum atomic E-state index is -0.113. The van der Waals surface area contributed by atoms with Crippen molar-refractivity contribution in [3.8, 4) is 0 Å². The molecular weight excluding hydrogens is 564 g/mol. The van der Waals surface area contributed by atoms with Crippen LogP contribution in [0.3, 0.4) is 0 Å². The van der Waals surface area contributed by atoms with E-state index in [-0.39, 0.29) is 11.7 Å². The Morgan fingerprint density at radius 3 is 2.66 bits per heavy atom. The van der Waals surface area contributed by atoms with Crippen LogP contribution in [0.5, 0.6) is 0 Å². The van der Waals surface area contributed by atoms with Crippen LogP contribution in [0, 0.1) is 0 Å². The topological polar surface area (TPSA) is 85.6 Å². The van der Waals surface area contributed by atoms with E-state index in [0.717, 1.165) is 36.0 Å². The number of amides is 1. The molecule has 1 amide bonds. The van der Waals surface area contributed by atoms with Crippen LogP contribution in [-0.4, -0.2) is 36.9 Å². The molecule has 0 radical (unpaired) electrons. The number of carbonyl (C=O) groups excluding carboxylic acids is 1. The summed E-state index contributed by atoms with van der Waals surface area (Å²) in [4.78, 5) is 17.3. The number of nitrogens with zero attached hydrogens (tertiary/aromatic N) is 5. The summed E-state index contributed by atoms with van der Waals surface area (Å²) in [5.41, 5.74) is 4.02. The van der Waals surface area contributed by atoms with Crippen LogP contribution in [0.4, 0.5) is 5.69 Å². The quantitative estimate of drug-likeness (QED) is 0.210. The molecule has 5 rings (SSSR count). The fourth-order valence-electron chi connectivity index (χ4n) is 3.25.